The number of piperidine rings is 1. The van der Waals surface area contributed by atoms with E-state index in [1.54, 1.807) is 11.8 Å². The van der Waals surface area contributed by atoms with Gasteiger partial charge in [-0.3, -0.25) is 4.79 Å². The van der Waals surface area contributed by atoms with Gasteiger partial charge in [-0.15, -0.1) is 11.8 Å². The molecule has 26 heavy (non-hydrogen) atoms. The fraction of sp³-hybridized carbons (Fsp3) is 0.333. The van der Waals surface area contributed by atoms with Crippen LogP contribution in [-0.4, -0.2) is 42.4 Å². The number of carbonyl (C=O) groups excluding carboxylic acids is 1. The zero-order chi connectivity index (χ0) is 17.9. The molecule has 1 heterocycles. The normalized spacial score (nSPS) is 16.9. The van der Waals surface area contributed by atoms with Crippen LogP contribution in [0.25, 0.3) is 11.1 Å². The number of fused-ring (bicyclic) bond motifs is 3. The summed E-state index contributed by atoms with van der Waals surface area (Å²) < 4.78 is 0. The molecule has 0 bridgehead atoms. The minimum absolute atomic E-state index is 0.0247. The smallest absolute Gasteiger partial charge is 0.250 e. The first kappa shape index (κ1) is 17.3. The lowest BCUT2D eigenvalue weighted by Gasteiger charge is -2.22. The van der Waals surface area contributed by atoms with Gasteiger partial charge in [0.25, 0.3) is 0 Å². The van der Waals surface area contributed by atoms with E-state index in [1.807, 2.05) is 0 Å². The van der Waals surface area contributed by atoms with Crippen molar-refractivity contribution in [3.8, 4) is 11.1 Å². The van der Waals surface area contributed by atoms with Crippen LogP contribution < -0.4 is 5.43 Å². The fourth-order valence-corrected chi connectivity index (χ4v) is 4.76. The third-order valence-electron chi connectivity index (χ3n) is 5.06. The van der Waals surface area contributed by atoms with Crippen LogP contribution in [0.2, 0.25) is 0 Å². The average Bonchev–Trinajstić information content (AvgIpc) is 3.00. The average molecular weight is 366 g/mol. The number of hydrogen-bond donors (Lipinski definition) is 1. The third kappa shape index (κ3) is 3.55. The molecule has 1 fully saturated rings. The van der Waals surface area contributed by atoms with E-state index in [1.165, 1.54) is 22.3 Å². The van der Waals surface area contributed by atoms with Gasteiger partial charge in [-0.2, -0.15) is 5.10 Å². The maximum Gasteiger partial charge on any atom is 0.250 e. The molecule has 0 atom stereocenters. The Kier molecular flexibility index (Phi) is 5.09. The fourth-order valence-electron chi connectivity index (χ4n) is 3.61. The summed E-state index contributed by atoms with van der Waals surface area (Å²) >= 11 is 1.67. The van der Waals surface area contributed by atoms with Gasteiger partial charge >= 0.3 is 0 Å². The summed E-state index contributed by atoms with van der Waals surface area (Å²) in [5, 5.41) is 4.54. The Balaban J connectivity index is 1.40. The zero-order valence-corrected chi connectivity index (χ0v) is 15.8. The van der Waals surface area contributed by atoms with E-state index in [2.05, 4.69) is 71.0 Å². The molecule has 0 saturated carbocycles. The van der Waals surface area contributed by atoms with Gasteiger partial charge in [0.05, 0.1) is 11.0 Å². The van der Waals surface area contributed by atoms with Crippen molar-refractivity contribution in [2.24, 2.45) is 5.10 Å². The molecule has 1 N–H and O–H groups in total. The van der Waals surface area contributed by atoms with Crippen LogP contribution >= 0.6 is 11.8 Å². The number of rotatable bonds is 4. The van der Waals surface area contributed by atoms with Crippen LogP contribution in [-0.2, 0) is 4.79 Å². The number of nitrogens with zero attached hydrogens (tertiary/aromatic N) is 2. The van der Waals surface area contributed by atoms with Gasteiger partial charge in [0.1, 0.15) is 0 Å². The Hall–Kier alpha value is -2.11. The van der Waals surface area contributed by atoms with Crippen molar-refractivity contribution in [3.63, 3.8) is 0 Å². The van der Waals surface area contributed by atoms with E-state index in [4.69, 9.17) is 0 Å². The molecule has 1 aliphatic carbocycles. The second-order valence-corrected chi connectivity index (χ2v) is 7.98. The lowest BCUT2D eigenvalue weighted by Crippen LogP contribution is -2.32. The van der Waals surface area contributed by atoms with E-state index >= 15 is 0 Å². The van der Waals surface area contributed by atoms with Gasteiger partial charge in [0.15, 0.2) is 0 Å². The van der Waals surface area contributed by atoms with Crippen LogP contribution in [0.1, 0.15) is 29.2 Å². The van der Waals surface area contributed by atoms with Gasteiger partial charge < -0.3 is 4.90 Å². The summed E-state index contributed by atoms with van der Waals surface area (Å²) in [7, 11) is 2.11. The highest BCUT2D eigenvalue weighted by Gasteiger charge is 2.28. The first-order valence-electron chi connectivity index (χ1n) is 9.05. The molecule has 1 aliphatic heterocycles. The maximum absolute atomic E-state index is 12.3. The lowest BCUT2D eigenvalue weighted by atomic mass is 10.1. The SMILES string of the molecule is CN1CCC(=NNC(=O)CSC2c3ccccc3-c3ccccc32)CC1. The summed E-state index contributed by atoms with van der Waals surface area (Å²) in [4.78, 5) is 14.6. The topological polar surface area (TPSA) is 44.7 Å². The van der Waals surface area contributed by atoms with Crippen molar-refractivity contribution in [2.45, 2.75) is 18.1 Å². The van der Waals surface area contributed by atoms with Crippen molar-refractivity contribution < 1.29 is 4.79 Å². The molecule has 134 valence electrons. The molecular formula is C21H23N3OS. The zero-order valence-electron chi connectivity index (χ0n) is 14.9. The monoisotopic (exact) mass is 365 g/mol. The first-order chi connectivity index (χ1) is 12.7. The highest BCUT2D eigenvalue weighted by Crippen LogP contribution is 2.49. The Morgan fingerprint density at radius 2 is 1.65 bits per heavy atom. The van der Waals surface area contributed by atoms with Crippen molar-refractivity contribution in [2.75, 3.05) is 25.9 Å². The van der Waals surface area contributed by atoms with Crippen LogP contribution in [0.5, 0.6) is 0 Å². The molecule has 4 nitrogen and oxygen atoms in total. The summed E-state index contributed by atoms with van der Waals surface area (Å²) in [6.45, 7) is 2.03. The van der Waals surface area contributed by atoms with Crippen LogP contribution in [0.3, 0.4) is 0 Å². The minimum atomic E-state index is -0.0247. The van der Waals surface area contributed by atoms with E-state index in [0.717, 1.165) is 31.6 Å². The Morgan fingerprint density at radius 1 is 1.08 bits per heavy atom. The summed E-state index contributed by atoms with van der Waals surface area (Å²) in [6, 6.07) is 17.0. The molecule has 1 amide bonds. The Morgan fingerprint density at radius 3 is 2.27 bits per heavy atom. The predicted octanol–water partition coefficient (Wildman–Crippen LogP) is 3.69. The molecule has 2 aliphatic rings. The molecule has 0 radical (unpaired) electrons. The van der Waals surface area contributed by atoms with Crippen molar-refractivity contribution in [1.82, 2.24) is 10.3 Å². The van der Waals surface area contributed by atoms with E-state index in [9.17, 15) is 4.79 Å². The standard InChI is InChI=1S/C21H23N3OS/c1-24-12-10-15(11-13-24)22-23-20(25)14-26-21-18-8-4-2-6-16(18)17-7-3-5-9-19(17)21/h2-9,21H,10-14H2,1H3,(H,23,25). The number of likely N-dealkylation sites (tertiary alicyclic amines) is 1. The summed E-state index contributed by atoms with van der Waals surface area (Å²) in [5.41, 5.74) is 9.01. The van der Waals surface area contributed by atoms with Gasteiger partial charge in [0.2, 0.25) is 5.91 Å². The molecule has 1 saturated heterocycles. The van der Waals surface area contributed by atoms with Gasteiger partial charge in [-0.05, 0) is 29.3 Å². The number of nitrogens with one attached hydrogen (secondary N) is 1. The number of carbonyl (C=O) groups is 1. The van der Waals surface area contributed by atoms with E-state index < -0.39 is 0 Å². The number of hydrazone groups is 1. The second-order valence-electron chi connectivity index (χ2n) is 6.88. The summed E-state index contributed by atoms with van der Waals surface area (Å²) in [6.07, 6.45) is 1.88. The summed E-state index contributed by atoms with van der Waals surface area (Å²) in [5.74, 6) is 0.382. The van der Waals surface area contributed by atoms with E-state index in [0.29, 0.717) is 5.75 Å². The second kappa shape index (κ2) is 7.64. The largest absolute Gasteiger partial charge is 0.306 e. The molecule has 0 unspecified atom stereocenters. The van der Waals surface area contributed by atoms with Gasteiger partial charge in [0, 0.05) is 31.6 Å². The number of amides is 1. The number of thioether (sulfide) groups is 1. The molecule has 2 aromatic carbocycles. The third-order valence-corrected chi connectivity index (χ3v) is 6.33. The number of hydrogen-bond acceptors (Lipinski definition) is 4. The molecule has 0 spiro atoms. The molecule has 5 heteroatoms. The predicted molar refractivity (Wildman–Crippen MR) is 108 cm³/mol. The first-order valence-corrected chi connectivity index (χ1v) is 10.1. The highest BCUT2D eigenvalue weighted by atomic mass is 32.2. The van der Waals surface area contributed by atoms with Crippen molar-refractivity contribution in [1.29, 1.82) is 0 Å². The molecule has 0 aromatic heterocycles. The van der Waals surface area contributed by atoms with Gasteiger partial charge in [-0.1, -0.05) is 48.5 Å². The van der Waals surface area contributed by atoms with Crippen molar-refractivity contribution in [3.05, 3.63) is 59.7 Å². The van der Waals surface area contributed by atoms with Crippen LogP contribution in [0.15, 0.2) is 53.6 Å². The maximum atomic E-state index is 12.3. The highest BCUT2D eigenvalue weighted by molar-refractivity contribution is 8.00. The number of benzene rings is 2. The van der Waals surface area contributed by atoms with Crippen LogP contribution in [0.4, 0.5) is 0 Å². The van der Waals surface area contributed by atoms with E-state index in [-0.39, 0.29) is 11.2 Å². The van der Waals surface area contributed by atoms with Crippen molar-refractivity contribution >= 4 is 23.4 Å². The minimum Gasteiger partial charge on any atom is -0.306 e. The Bertz CT molecular complexity index is 793. The quantitative estimate of drug-likeness (QED) is 0.841. The molecule has 4 rings (SSSR count). The van der Waals surface area contributed by atoms with Crippen LogP contribution in [0, 0.1) is 0 Å². The van der Waals surface area contributed by atoms with Gasteiger partial charge in [-0.25, -0.2) is 5.43 Å². The molecule has 2 aromatic rings. The lowest BCUT2D eigenvalue weighted by molar-refractivity contribution is -0.118. The Labute approximate surface area is 158 Å². The molecular weight excluding hydrogens is 342 g/mol.